The first-order chi connectivity index (χ1) is 39.2. The topological polar surface area (TPSA) is 175 Å². The van der Waals surface area contributed by atoms with Crippen LogP contribution in [0.15, 0.2) is 36.5 Å². The Bertz CT molecular complexity index is 1440. The van der Waals surface area contributed by atoms with E-state index in [1.165, 1.54) is 212 Å². The molecule has 1 aliphatic heterocycles. The number of hydrogen-bond acceptors (Lipinski definition) is 10. The Labute approximate surface area is 492 Å². The highest BCUT2D eigenvalue weighted by Gasteiger charge is 2.47. The lowest BCUT2D eigenvalue weighted by Crippen LogP contribution is -2.61. The van der Waals surface area contributed by atoms with Gasteiger partial charge in [-0.15, -0.1) is 0 Å². The Morgan fingerprint density at radius 1 is 0.475 bits per heavy atom. The molecule has 1 aliphatic rings. The van der Waals surface area contributed by atoms with Gasteiger partial charge in [0.15, 0.2) is 12.4 Å². The number of rotatable bonds is 59. The zero-order valence-corrected chi connectivity index (χ0v) is 52.2. The summed E-state index contributed by atoms with van der Waals surface area (Å²) >= 11 is 0. The van der Waals surface area contributed by atoms with Crippen molar-refractivity contribution < 1.29 is 49.3 Å². The molecule has 11 nitrogen and oxygen atoms in total. The molecule has 1 fully saturated rings. The van der Waals surface area contributed by atoms with E-state index in [2.05, 4.69) is 50.4 Å². The van der Waals surface area contributed by atoms with Gasteiger partial charge < -0.3 is 45.1 Å². The van der Waals surface area contributed by atoms with E-state index in [9.17, 15) is 35.1 Å². The smallest absolute Gasteiger partial charge is 0.306 e. The molecule has 0 aromatic heterocycles. The first-order valence-electron chi connectivity index (χ1n) is 34.3. The molecule has 1 heterocycles. The molecule has 6 N–H and O–H groups in total. The van der Waals surface area contributed by atoms with Crippen LogP contribution >= 0.6 is 0 Å². The molecule has 0 spiro atoms. The summed E-state index contributed by atoms with van der Waals surface area (Å²) in [5.74, 6) is -1.19. The number of carbonyl (C=O) groups excluding carboxylic acids is 2. The van der Waals surface area contributed by atoms with E-state index in [0.717, 1.165) is 70.6 Å². The van der Waals surface area contributed by atoms with Gasteiger partial charge in [-0.05, 0) is 77.0 Å². The third-order valence-corrected chi connectivity index (χ3v) is 16.3. The molecule has 0 radical (unpaired) electrons. The molecular weight excluding hydrogens is 1000 g/mol. The summed E-state index contributed by atoms with van der Waals surface area (Å²) in [5.41, 5.74) is 0. The Kier molecular flexibility index (Phi) is 54.4. The number of aliphatic hydroxyl groups excluding tert-OH is 5. The number of allylic oxidation sites excluding steroid dienone is 5. The lowest BCUT2D eigenvalue weighted by Gasteiger charge is -2.41. The van der Waals surface area contributed by atoms with E-state index in [1.807, 2.05) is 6.08 Å². The summed E-state index contributed by atoms with van der Waals surface area (Å²) in [6.07, 6.45) is 59.0. The van der Waals surface area contributed by atoms with Gasteiger partial charge in [-0.25, -0.2) is 0 Å². The minimum absolute atomic E-state index is 0.126. The van der Waals surface area contributed by atoms with Crippen LogP contribution in [0.2, 0.25) is 0 Å². The molecule has 11 heteroatoms. The van der Waals surface area contributed by atoms with Gasteiger partial charge >= 0.3 is 5.97 Å². The van der Waals surface area contributed by atoms with Gasteiger partial charge in [0.2, 0.25) is 5.91 Å². The van der Waals surface area contributed by atoms with Crippen molar-refractivity contribution in [3.8, 4) is 0 Å². The van der Waals surface area contributed by atoms with Gasteiger partial charge in [0.25, 0.3) is 0 Å². The highest BCUT2D eigenvalue weighted by molar-refractivity contribution is 5.80. The Balaban J connectivity index is 2.59. The molecule has 8 unspecified atom stereocenters. The van der Waals surface area contributed by atoms with Crippen LogP contribution in [0.4, 0.5) is 0 Å². The van der Waals surface area contributed by atoms with Crippen molar-refractivity contribution in [1.29, 1.82) is 0 Å². The van der Waals surface area contributed by atoms with E-state index < -0.39 is 67.4 Å². The second kappa shape index (κ2) is 57.3. The Morgan fingerprint density at radius 3 is 1.21 bits per heavy atom. The zero-order valence-electron chi connectivity index (χ0n) is 52.2. The predicted molar refractivity (Wildman–Crippen MR) is 334 cm³/mol. The van der Waals surface area contributed by atoms with E-state index in [0.29, 0.717) is 12.8 Å². The van der Waals surface area contributed by atoms with Crippen LogP contribution in [0.5, 0.6) is 0 Å². The number of nitrogens with one attached hydrogen (secondary N) is 1. The van der Waals surface area contributed by atoms with Crippen LogP contribution < -0.4 is 5.32 Å². The maximum atomic E-state index is 13.4. The maximum absolute atomic E-state index is 13.4. The minimum atomic E-state index is -1.61. The Hall–Kier alpha value is -2.12. The molecule has 0 aromatic carbocycles. The van der Waals surface area contributed by atoms with Crippen molar-refractivity contribution >= 4 is 11.9 Å². The fourth-order valence-corrected chi connectivity index (χ4v) is 10.8. The van der Waals surface area contributed by atoms with Gasteiger partial charge in [-0.3, -0.25) is 9.59 Å². The summed E-state index contributed by atoms with van der Waals surface area (Å²) in [6.45, 7) is 5.81. The standard InChI is InChI=1S/C69H129NO10/c1-4-7-10-13-16-19-22-25-27-29-30-31-32-33-34-35-37-39-42-45-48-51-54-57-64(74)80-67-66(76)65(75)63(58-71)79-69(67)78-59-60(61(72)55-52-49-46-43-40-24-21-18-15-12-9-6-3)70-68(77)62(73)56-53-50-47-44-41-38-36-28-26-23-20-17-14-11-8-5-2/h25-28,52,55,60-63,65-67,69,71-73,75-76H,4-24,29-51,53-54,56-59H2,1-3H3,(H,70,77)/b27-25+,28-26+,55-52+. The Morgan fingerprint density at radius 2 is 0.825 bits per heavy atom. The minimum Gasteiger partial charge on any atom is -0.454 e. The summed E-state index contributed by atoms with van der Waals surface area (Å²) < 4.78 is 17.7. The van der Waals surface area contributed by atoms with E-state index in [1.54, 1.807) is 6.08 Å². The van der Waals surface area contributed by atoms with Crippen LogP contribution in [-0.2, 0) is 23.8 Å². The lowest BCUT2D eigenvalue weighted by atomic mass is 9.99. The number of ether oxygens (including phenoxy) is 3. The number of esters is 1. The number of unbranched alkanes of at least 4 members (excludes halogenated alkanes) is 41. The van der Waals surface area contributed by atoms with Gasteiger partial charge in [0.1, 0.15) is 24.4 Å². The molecule has 0 aliphatic carbocycles. The molecule has 470 valence electrons. The van der Waals surface area contributed by atoms with Crippen LogP contribution in [0.3, 0.4) is 0 Å². The number of amides is 1. The molecule has 1 saturated heterocycles. The van der Waals surface area contributed by atoms with E-state index in [-0.39, 0.29) is 19.4 Å². The fraction of sp³-hybridized carbons (Fsp3) is 0.884. The zero-order chi connectivity index (χ0) is 58.2. The van der Waals surface area contributed by atoms with Crippen molar-refractivity contribution in [1.82, 2.24) is 5.32 Å². The molecule has 80 heavy (non-hydrogen) atoms. The van der Waals surface area contributed by atoms with Crippen LogP contribution in [0, 0.1) is 0 Å². The van der Waals surface area contributed by atoms with Crippen molar-refractivity contribution in [3.63, 3.8) is 0 Å². The molecule has 1 rings (SSSR count). The highest BCUT2D eigenvalue weighted by atomic mass is 16.7. The summed E-state index contributed by atoms with van der Waals surface area (Å²) in [4.78, 5) is 26.6. The second-order valence-electron chi connectivity index (χ2n) is 23.9. The number of carbonyl (C=O) groups is 2. The van der Waals surface area contributed by atoms with Crippen molar-refractivity contribution in [2.45, 2.75) is 378 Å². The second-order valence-corrected chi connectivity index (χ2v) is 23.9. The van der Waals surface area contributed by atoms with Gasteiger partial charge in [0.05, 0.1) is 25.4 Å². The average Bonchev–Trinajstić information content (AvgIpc) is 3.48. The summed E-state index contributed by atoms with van der Waals surface area (Å²) in [7, 11) is 0. The molecule has 8 atom stereocenters. The van der Waals surface area contributed by atoms with E-state index in [4.69, 9.17) is 14.2 Å². The quantitative estimate of drug-likeness (QED) is 0.0195. The number of hydrogen-bond donors (Lipinski definition) is 6. The summed E-state index contributed by atoms with van der Waals surface area (Å²) in [5, 5.41) is 57.1. The molecular formula is C69H129NO10. The fourth-order valence-electron chi connectivity index (χ4n) is 10.8. The first kappa shape index (κ1) is 75.9. The molecule has 0 aromatic rings. The van der Waals surface area contributed by atoms with Gasteiger partial charge in [-0.1, -0.05) is 282 Å². The van der Waals surface area contributed by atoms with Crippen molar-refractivity contribution in [2.75, 3.05) is 13.2 Å². The monoisotopic (exact) mass is 1130 g/mol. The van der Waals surface area contributed by atoms with Crippen LogP contribution in [0.1, 0.15) is 329 Å². The average molecular weight is 1130 g/mol. The molecule has 1 amide bonds. The highest BCUT2D eigenvalue weighted by Crippen LogP contribution is 2.26. The first-order valence-corrected chi connectivity index (χ1v) is 34.3. The van der Waals surface area contributed by atoms with Crippen LogP contribution in [0.25, 0.3) is 0 Å². The normalized spacial score (nSPS) is 18.9. The van der Waals surface area contributed by atoms with E-state index >= 15 is 0 Å². The van der Waals surface area contributed by atoms with Crippen molar-refractivity contribution in [2.24, 2.45) is 0 Å². The number of aliphatic hydroxyl groups is 5. The van der Waals surface area contributed by atoms with Gasteiger partial charge in [-0.2, -0.15) is 0 Å². The SMILES string of the molecule is CCCCCCCC/C=C/CCCCCCCCCCCCCCCC(=O)OC1C(OCC(NC(=O)C(O)CCCCCCCC/C=C/CCCCCCCC)C(O)/C=C/CCCCCCCCCCCC)OC(CO)C(O)C1O. The lowest BCUT2D eigenvalue weighted by molar-refractivity contribution is -0.305. The maximum Gasteiger partial charge on any atom is 0.306 e. The predicted octanol–water partition coefficient (Wildman–Crippen LogP) is 17.0. The van der Waals surface area contributed by atoms with Crippen LogP contribution in [-0.4, -0.2) is 99.6 Å². The third-order valence-electron chi connectivity index (χ3n) is 16.3. The van der Waals surface area contributed by atoms with Gasteiger partial charge in [0, 0.05) is 6.42 Å². The third kappa shape index (κ3) is 44.4. The molecule has 0 bridgehead atoms. The van der Waals surface area contributed by atoms with Crippen molar-refractivity contribution in [3.05, 3.63) is 36.5 Å². The largest absolute Gasteiger partial charge is 0.454 e. The molecule has 0 saturated carbocycles. The summed E-state index contributed by atoms with van der Waals surface area (Å²) in [6, 6.07) is -1.02.